The highest BCUT2D eigenvalue weighted by atomic mass is 79.9. The highest BCUT2D eigenvalue weighted by Crippen LogP contribution is 2.33. The van der Waals surface area contributed by atoms with Crippen molar-refractivity contribution in [3.8, 4) is 0 Å². The number of esters is 1. The Balaban J connectivity index is 2.03. The van der Waals surface area contributed by atoms with Crippen molar-refractivity contribution in [2.45, 2.75) is 58.6 Å². The zero-order chi connectivity index (χ0) is 18.8. The topological polar surface area (TPSA) is 48.3 Å². The monoisotopic (exact) mass is 417 g/mol. The average molecular weight is 418 g/mol. The summed E-state index contributed by atoms with van der Waals surface area (Å²) in [5.74, 6) is -0.502. The maximum absolute atomic E-state index is 13.2. The molecule has 4 nitrogen and oxygen atoms in total. The van der Waals surface area contributed by atoms with Crippen molar-refractivity contribution < 1.29 is 14.3 Å². The first-order chi connectivity index (χ1) is 12.4. The molecule has 2 heterocycles. The molecule has 1 aromatic carbocycles. The van der Waals surface area contributed by atoms with Crippen LogP contribution in [-0.2, 0) is 16.1 Å². The van der Waals surface area contributed by atoms with Gasteiger partial charge in [0.05, 0.1) is 17.7 Å². The van der Waals surface area contributed by atoms with E-state index in [0.29, 0.717) is 11.3 Å². The van der Waals surface area contributed by atoms with E-state index in [1.165, 1.54) is 0 Å². The molecule has 0 spiro atoms. The summed E-state index contributed by atoms with van der Waals surface area (Å²) in [6.07, 6.45) is 2.52. The van der Waals surface area contributed by atoms with Gasteiger partial charge in [0.2, 0.25) is 5.78 Å². The number of ether oxygens (including phenoxy) is 1. The smallest absolute Gasteiger partial charge is 0.315 e. The first-order valence-corrected chi connectivity index (χ1v) is 9.88. The lowest BCUT2D eigenvalue weighted by Crippen LogP contribution is -2.22. The molecule has 1 aliphatic rings. The summed E-state index contributed by atoms with van der Waals surface area (Å²) in [5.41, 5.74) is 3.15. The number of carbonyl (C=O) groups excluding carboxylic acids is 2. The van der Waals surface area contributed by atoms with Gasteiger partial charge in [0.25, 0.3) is 0 Å². The minimum Gasteiger partial charge on any atom is -0.462 e. The third-order valence-electron chi connectivity index (χ3n) is 4.74. The van der Waals surface area contributed by atoms with Gasteiger partial charge in [-0.05, 0) is 57.4 Å². The SMILES string of the molecule is Cc1cc2n(c1C(=O)c1cccc(Br)c1)CCCCC2C(=O)OC(C)C. The van der Waals surface area contributed by atoms with Crippen molar-refractivity contribution in [2.75, 3.05) is 0 Å². The molecule has 0 amide bonds. The Bertz CT molecular complexity index is 838. The maximum atomic E-state index is 13.2. The Morgan fingerprint density at radius 2 is 2.00 bits per heavy atom. The molecule has 0 bridgehead atoms. The molecule has 0 radical (unpaired) electrons. The molecule has 1 aliphatic heterocycles. The summed E-state index contributed by atoms with van der Waals surface area (Å²) in [6.45, 7) is 6.42. The molecular weight excluding hydrogens is 394 g/mol. The minimum atomic E-state index is -0.303. The number of nitrogens with zero attached hydrogens (tertiary/aromatic N) is 1. The molecule has 2 aromatic rings. The van der Waals surface area contributed by atoms with Gasteiger partial charge >= 0.3 is 5.97 Å². The standard InChI is InChI=1S/C21H24BrNO3/c1-13(2)26-21(25)17-9-4-5-10-23-18(17)11-14(3)19(23)20(24)15-7-6-8-16(22)12-15/h6-8,11-13,17H,4-5,9-10H2,1-3H3. The zero-order valence-corrected chi connectivity index (χ0v) is 17.0. The third kappa shape index (κ3) is 3.78. The number of benzene rings is 1. The van der Waals surface area contributed by atoms with Crippen LogP contribution < -0.4 is 0 Å². The Morgan fingerprint density at radius 3 is 2.69 bits per heavy atom. The number of ketones is 1. The second kappa shape index (κ2) is 7.78. The first-order valence-electron chi connectivity index (χ1n) is 9.09. The van der Waals surface area contributed by atoms with Gasteiger partial charge < -0.3 is 9.30 Å². The van der Waals surface area contributed by atoms with Crippen LogP contribution in [0.5, 0.6) is 0 Å². The Kier molecular flexibility index (Phi) is 5.66. The number of hydrogen-bond donors (Lipinski definition) is 0. The summed E-state index contributed by atoms with van der Waals surface area (Å²) in [4.78, 5) is 25.8. The van der Waals surface area contributed by atoms with Crippen molar-refractivity contribution in [1.82, 2.24) is 4.57 Å². The highest BCUT2D eigenvalue weighted by molar-refractivity contribution is 9.10. The second-order valence-electron chi connectivity index (χ2n) is 7.13. The van der Waals surface area contributed by atoms with E-state index in [4.69, 9.17) is 4.74 Å². The molecule has 5 heteroatoms. The molecule has 1 atom stereocenters. The molecule has 0 fully saturated rings. The molecule has 1 aromatic heterocycles. The minimum absolute atomic E-state index is 0.00655. The van der Waals surface area contributed by atoms with Gasteiger partial charge in [-0.1, -0.05) is 34.5 Å². The maximum Gasteiger partial charge on any atom is 0.315 e. The summed E-state index contributed by atoms with van der Waals surface area (Å²) in [7, 11) is 0. The summed E-state index contributed by atoms with van der Waals surface area (Å²) in [6, 6.07) is 9.42. The number of carbonyl (C=O) groups is 2. The van der Waals surface area contributed by atoms with Gasteiger partial charge in [-0.25, -0.2) is 0 Å². The number of rotatable bonds is 4. The van der Waals surface area contributed by atoms with Crippen LogP contribution in [0.4, 0.5) is 0 Å². The van der Waals surface area contributed by atoms with Gasteiger partial charge in [0.1, 0.15) is 0 Å². The number of fused-ring (bicyclic) bond motifs is 1. The Hall–Kier alpha value is -1.88. The van der Waals surface area contributed by atoms with E-state index in [0.717, 1.165) is 41.5 Å². The molecule has 138 valence electrons. The lowest BCUT2D eigenvalue weighted by molar-refractivity contribution is -0.149. The second-order valence-corrected chi connectivity index (χ2v) is 8.04. The van der Waals surface area contributed by atoms with Gasteiger partial charge in [0, 0.05) is 22.3 Å². The van der Waals surface area contributed by atoms with E-state index >= 15 is 0 Å². The molecule has 0 N–H and O–H groups in total. The molecule has 0 saturated carbocycles. The third-order valence-corrected chi connectivity index (χ3v) is 5.23. The van der Waals surface area contributed by atoms with E-state index in [-0.39, 0.29) is 23.8 Å². The van der Waals surface area contributed by atoms with E-state index in [1.54, 1.807) is 0 Å². The average Bonchev–Trinajstić information content (AvgIpc) is 2.75. The van der Waals surface area contributed by atoms with E-state index in [1.807, 2.05) is 55.7 Å². The molecule has 26 heavy (non-hydrogen) atoms. The normalized spacial score (nSPS) is 16.9. The molecule has 0 aliphatic carbocycles. The Labute approximate surface area is 162 Å². The number of aromatic nitrogens is 1. The fourth-order valence-corrected chi connectivity index (χ4v) is 4.03. The predicted octanol–water partition coefficient (Wildman–Crippen LogP) is 5.01. The fourth-order valence-electron chi connectivity index (χ4n) is 3.63. The number of aryl methyl sites for hydroxylation is 1. The fraction of sp³-hybridized carbons (Fsp3) is 0.429. The zero-order valence-electron chi connectivity index (χ0n) is 15.4. The van der Waals surface area contributed by atoms with Gasteiger partial charge in [-0.15, -0.1) is 0 Å². The van der Waals surface area contributed by atoms with Gasteiger partial charge in [-0.3, -0.25) is 9.59 Å². The predicted molar refractivity (Wildman–Crippen MR) is 105 cm³/mol. The molecule has 0 saturated heterocycles. The summed E-state index contributed by atoms with van der Waals surface area (Å²) >= 11 is 3.43. The first kappa shape index (κ1) is 18.9. The van der Waals surface area contributed by atoms with Gasteiger partial charge in [-0.2, -0.15) is 0 Å². The van der Waals surface area contributed by atoms with Crippen LogP contribution in [0.2, 0.25) is 0 Å². The van der Waals surface area contributed by atoms with Crippen LogP contribution in [0.25, 0.3) is 0 Å². The largest absolute Gasteiger partial charge is 0.462 e. The summed E-state index contributed by atoms with van der Waals surface area (Å²) < 4.78 is 8.39. The quantitative estimate of drug-likeness (QED) is 0.518. The van der Waals surface area contributed by atoms with Crippen molar-refractivity contribution in [3.05, 3.63) is 57.3 Å². The Morgan fingerprint density at radius 1 is 1.23 bits per heavy atom. The molecule has 3 rings (SSSR count). The van der Waals surface area contributed by atoms with E-state index in [9.17, 15) is 9.59 Å². The van der Waals surface area contributed by atoms with Crippen LogP contribution in [0.3, 0.4) is 0 Å². The summed E-state index contributed by atoms with van der Waals surface area (Å²) in [5, 5.41) is 0. The van der Waals surface area contributed by atoms with Crippen molar-refractivity contribution in [1.29, 1.82) is 0 Å². The van der Waals surface area contributed by atoms with Crippen molar-refractivity contribution in [3.63, 3.8) is 0 Å². The van der Waals surface area contributed by atoms with Crippen LogP contribution in [0.1, 0.15) is 66.3 Å². The van der Waals surface area contributed by atoms with Crippen LogP contribution in [0, 0.1) is 6.92 Å². The number of hydrogen-bond acceptors (Lipinski definition) is 3. The highest BCUT2D eigenvalue weighted by Gasteiger charge is 2.31. The lowest BCUT2D eigenvalue weighted by atomic mass is 9.99. The van der Waals surface area contributed by atoms with Gasteiger partial charge in [0.15, 0.2) is 0 Å². The van der Waals surface area contributed by atoms with E-state index < -0.39 is 0 Å². The van der Waals surface area contributed by atoms with E-state index in [2.05, 4.69) is 15.9 Å². The van der Waals surface area contributed by atoms with Crippen LogP contribution in [-0.4, -0.2) is 22.4 Å². The molecular formula is C21H24BrNO3. The molecule has 1 unspecified atom stereocenters. The van der Waals surface area contributed by atoms with Crippen LogP contribution >= 0.6 is 15.9 Å². The van der Waals surface area contributed by atoms with Crippen molar-refractivity contribution >= 4 is 27.7 Å². The van der Waals surface area contributed by atoms with Crippen molar-refractivity contribution in [2.24, 2.45) is 0 Å². The lowest BCUT2D eigenvalue weighted by Gasteiger charge is -2.18. The number of halogens is 1. The van der Waals surface area contributed by atoms with Crippen LogP contribution in [0.15, 0.2) is 34.8 Å².